The van der Waals surface area contributed by atoms with Gasteiger partial charge in [0.05, 0.1) is 17.5 Å². The highest BCUT2D eigenvalue weighted by Crippen LogP contribution is 2.46. The molecule has 3 aliphatic heterocycles. The van der Waals surface area contributed by atoms with Crippen LogP contribution in [0.1, 0.15) is 93.6 Å². The number of rotatable bonds is 6. The molecule has 1 saturated carbocycles. The molecule has 2 N–H and O–H groups in total. The van der Waals surface area contributed by atoms with Crippen LogP contribution < -0.4 is 14.4 Å². The number of hydrogen-bond donors (Lipinski definition) is 2. The highest BCUT2D eigenvalue weighted by atomic mass is 35.5. The Morgan fingerprint density at radius 1 is 1.06 bits per heavy atom. The van der Waals surface area contributed by atoms with Gasteiger partial charge in [0.25, 0.3) is 5.91 Å². The standard InChI is InChI=1S/C39H57ClN4O3S.CH4O/c1-7-9-28-18-33(40)14-16-34(28)32-22-44-21-31-12-15-35(31)30(20-43-24-39(4,25-43)42(5)6)11-8-10-26(2)27(3)48(46)41-38(45)29-13-17-37(47-23-32)36(44)19-29;1-2/h13-14,16-19,26-27,30-32,35H,7-12,15,20-25H2,1-6H3,(H,41,45);2H,1H3. The SMILES string of the molecule is CCCc1cc(Cl)ccc1C1COc2ccc3cc2N(C1)CC1CCC1C(CN1CC(C)(N(C)C)C1)CCCC(C)C(C)S(=O)NC3=O.CO. The summed E-state index contributed by atoms with van der Waals surface area (Å²) in [4.78, 5) is 21.1. The van der Waals surface area contributed by atoms with Crippen molar-refractivity contribution in [2.45, 2.75) is 89.3 Å². The minimum Gasteiger partial charge on any atom is -0.491 e. The highest BCUT2D eigenvalue weighted by Gasteiger charge is 2.44. The lowest BCUT2D eigenvalue weighted by Crippen LogP contribution is -2.67. The summed E-state index contributed by atoms with van der Waals surface area (Å²) in [5.41, 5.74) is 4.37. The highest BCUT2D eigenvalue weighted by molar-refractivity contribution is 7.84. The molecule has 278 valence electrons. The molecule has 2 aromatic carbocycles. The fourth-order valence-corrected chi connectivity index (χ4v) is 9.91. The van der Waals surface area contributed by atoms with Gasteiger partial charge in [0, 0.05) is 61.9 Å². The second kappa shape index (κ2) is 17.1. The predicted molar refractivity (Wildman–Crippen MR) is 207 cm³/mol. The van der Waals surface area contributed by atoms with Gasteiger partial charge < -0.3 is 19.6 Å². The number of aryl methyl sites for hydroxylation is 1. The van der Waals surface area contributed by atoms with Gasteiger partial charge >= 0.3 is 0 Å². The first kappa shape index (κ1) is 39.0. The van der Waals surface area contributed by atoms with Crippen LogP contribution in [0.2, 0.25) is 5.02 Å². The maximum Gasteiger partial charge on any atom is 0.263 e. The number of ether oxygens (including phenoxy) is 1. The van der Waals surface area contributed by atoms with E-state index in [0.717, 1.165) is 82.0 Å². The monoisotopic (exact) mass is 728 g/mol. The summed E-state index contributed by atoms with van der Waals surface area (Å²) in [6.07, 6.45) is 7.91. The van der Waals surface area contributed by atoms with Gasteiger partial charge in [-0.15, -0.1) is 0 Å². The van der Waals surface area contributed by atoms with E-state index >= 15 is 0 Å². The Morgan fingerprint density at radius 2 is 1.82 bits per heavy atom. The number of aliphatic hydroxyl groups is 1. The fourth-order valence-electron chi connectivity index (χ4n) is 8.67. The molecule has 7 unspecified atom stereocenters. The van der Waals surface area contributed by atoms with Gasteiger partial charge in [-0.3, -0.25) is 14.4 Å². The molecule has 6 rings (SSSR count). The van der Waals surface area contributed by atoms with Crippen molar-refractivity contribution in [1.29, 1.82) is 0 Å². The van der Waals surface area contributed by atoms with Crippen LogP contribution in [0.15, 0.2) is 36.4 Å². The second-order valence-electron chi connectivity index (χ2n) is 15.9. The molecule has 4 aliphatic rings. The molecule has 2 bridgehead atoms. The number of likely N-dealkylation sites (N-methyl/N-ethyl adjacent to an activating group) is 1. The van der Waals surface area contributed by atoms with Gasteiger partial charge in [0.2, 0.25) is 0 Å². The molecule has 1 saturated heterocycles. The van der Waals surface area contributed by atoms with E-state index in [1.165, 1.54) is 30.4 Å². The average Bonchev–Trinajstić information content (AvgIpc) is 3.25. The summed E-state index contributed by atoms with van der Waals surface area (Å²) in [5, 5.41) is 7.66. The van der Waals surface area contributed by atoms with E-state index in [-0.39, 0.29) is 28.5 Å². The number of hydrogen-bond acceptors (Lipinski definition) is 7. The first-order valence-electron chi connectivity index (χ1n) is 18.8. The van der Waals surface area contributed by atoms with Crippen LogP contribution in [-0.2, 0) is 17.4 Å². The fraction of sp³-hybridized carbons (Fsp3) is 0.675. The van der Waals surface area contributed by atoms with Crippen molar-refractivity contribution in [3.63, 3.8) is 0 Å². The molecular formula is C40H61ClN4O4S. The Hall–Kier alpha value is -2.17. The van der Waals surface area contributed by atoms with E-state index in [9.17, 15) is 9.00 Å². The molecule has 10 heteroatoms. The lowest BCUT2D eigenvalue weighted by Gasteiger charge is -2.54. The normalized spacial score (nSPS) is 30.0. The van der Waals surface area contributed by atoms with Gasteiger partial charge in [-0.1, -0.05) is 44.4 Å². The Labute approximate surface area is 308 Å². The lowest BCUT2D eigenvalue weighted by molar-refractivity contribution is -0.0405. The van der Waals surface area contributed by atoms with E-state index in [1.807, 2.05) is 31.2 Å². The van der Waals surface area contributed by atoms with Crippen LogP contribution >= 0.6 is 11.6 Å². The van der Waals surface area contributed by atoms with Crippen molar-refractivity contribution >= 4 is 34.2 Å². The molecular weight excluding hydrogens is 668 g/mol. The number of carbonyl (C=O) groups is 1. The van der Waals surface area contributed by atoms with Crippen LogP contribution in [0.5, 0.6) is 5.75 Å². The third-order valence-electron chi connectivity index (χ3n) is 12.3. The Kier molecular flexibility index (Phi) is 13.4. The van der Waals surface area contributed by atoms with Gasteiger partial charge in [-0.05, 0) is 125 Å². The molecule has 0 radical (unpaired) electrons. The Morgan fingerprint density at radius 3 is 2.50 bits per heavy atom. The zero-order chi connectivity index (χ0) is 36.2. The summed E-state index contributed by atoms with van der Waals surface area (Å²) in [6.45, 7) is 14.6. The molecule has 7 atom stereocenters. The number of carbonyl (C=O) groups excluding carboxylic acids is 1. The molecule has 0 aromatic heterocycles. The van der Waals surface area contributed by atoms with Crippen LogP contribution in [0.25, 0.3) is 0 Å². The third kappa shape index (κ3) is 8.71. The van der Waals surface area contributed by atoms with Crippen LogP contribution in [0, 0.1) is 23.7 Å². The average molecular weight is 729 g/mol. The van der Waals surface area contributed by atoms with Crippen molar-refractivity contribution in [2.24, 2.45) is 23.7 Å². The number of anilines is 1. The van der Waals surface area contributed by atoms with Crippen molar-refractivity contribution in [2.75, 3.05) is 65.4 Å². The number of likely N-dealkylation sites (tertiary alicyclic amines) is 1. The van der Waals surface area contributed by atoms with Gasteiger partial charge in [0.1, 0.15) is 16.7 Å². The topological polar surface area (TPSA) is 85.4 Å². The molecule has 1 aliphatic carbocycles. The molecule has 1 amide bonds. The first-order valence-corrected chi connectivity index (χ1v) is 20.4. The van der Waals surface area contributed by atoms with E-state index in [1.54, 1.807) is 0 Å². The van der Waals surface area contributed by atoms with E-state index in [0.29, 0.717) is 29.9 Å². The summed E-state index contributed by atoms with van der Waals surface area (Å²) in [7, 11) is 3.95. The first-order chi connectivity index (χ1) is 24.0. The lowest BCUT2D eigenvalue weighted by atomic mass is 9.65. The van der Waals surface area contributed by atoms with E-state index in [2.05, 4.69) is 66.4 Å². The number of fused-ring (bicyclic) bond motifs is 2. The minimum absolute atomic E-state index is 0.119. The van der Waals surface area contributed by atoms with E-state index in [4.69, 9.17) is 21.4 Å². The summed E-state index contributed by atoms with van der Waals surface area (Å²) >= 11 is 6.48. The van der Waals surface area contributed by atoms with Crippen LogP contribution in [0.3, 0.4) is 0 Å². The quantitative estimate of drug-likeness (QED) is 0.340. The molecule has 2 aromatic rings. The minimum atomic E-state index is -1.46. The molecule has 50 heavy (non-hydrogen) atoms. The molecule has 2 fully saturated rings. The summed E-state index contributed by atoms with van der Waals surface area (Å²) in [6, 6.07) is 12.1. The maximum absolute atomic E-state index is 13.5. The summed E-state index contributed by atoms with van der Waals surface area (Å²) in [5.74, 6) is 2.89. The molecule has 8 nitrogen and oxygen atoms in total. The van der Waals surface area contributed by atoms with Gasteiger partial charge in [-0.25, -0.2) is 4.21 Å². The Balaban J connectivity index is 0.00000239. The van der Waals surface area contributed by atoms with Crippen molar-refractivity contribution in [3.8, 4) is 5.75 Å². The van der Waals surface area contributed by atoms with Crippen LogP contribution in [0.4, 0.5) is 5.69 Å². The predicted octanol–water partition coefficient (Wildman–Crippen LogP) is 6.76. The van der Waals surface area contributed by atoms with Gasteiger partial charge in [-0.2, -0.15) is 0 Å². The van der Waals surface area contributed by atoms with Crippen LogP contribution in [-0.4, -0.2) is 96.3 Å². The van der Waals surface area contributed by atoms with Crippen molar-refractivity contribution < 1.29 is 18.8 Å². The zero-order valence-corrected chi connectivity index (χ0v) is 33.0. The van der Waals surface area contributed by atoms with Crippen molar-refractivity contribution in [1.82, 2.24) is 14.5 Å². The smallest absolute Gasteiger partial charge is 0.263 e. The maximum atomic E-state index is 13.5. The number of nitrogens with one attached hydrogen (secondary N) is 1. The second-order valence-corrected chi connectivity index (χ2v) is 17.8. The number of amides is 1. The largest absolute Gasteiger partial charge is 0.491 e. The molecule has 3 heterocycles. The van der Waals surface area contributed by atoms with E-state index < -0.39 is 11.0 Å². The number of halogens is 1. The zero-order valence-electron chi connectivity index (χ0n) is 31.4. The third-order valence-corrected chi connectivity index (χ3v) is 14.1. The number of benzene rings is 2. The van der Waals surface area contributed by atoms with Gasteiger partial charge in [0.15, 0.2) is 0 Å². The Bertz CT molecular complexity index is 1480. The number of aliphatic hydroxyl groups excluding tert-OH is 1. The molecule has 0 spiro atoms. The number of nitrogens with zero attached hydrogens (tertiary/aromatic N) is 3. The van der Waals surface area contributed by atoms with Crippen molar-refractivity contribution in [3.05, 3.63) is 58.1 Å². The summed E-state index contributed by atoms with van der Waals surface area (Å²) < 4.78 is 22.8.